The van der Waals surface area contributed by atoms with Crippen LogP contribution in [-0.4, -0.2) is 18.3 Å². The van der Waals surface area contributed by atoms with Crippen LogP contribution in [0.4, 0.5) is 0 Å². The highest BCUT2D eigenvalue weighted by Crippen LogP contribution is 2.13. The fourth-order valence-corrected chi connectivity index (χ4v) is 1.65. The zero-order valence-corrected chi connectivity index (χ0v) is 11.3. The minimum atomic E-state index is -0.382. The Labute approximate surface area is 110 Å². The first-order valence-corrected chi connectivity index (χ1v) is 6.53. The summed E-state index contributed by atoms with van der Waals surface area (Å²) in [6.45, 7) is 2.15. The molecule has 98 valence electrons. The molecule has 1 N–H and O–H groups in total. The standard InChI is InChI=1S/C16H22O2/c1-3-4-5-6-7-8-15(17)13-14-9-11-16(18-2)12-10-14/h9-12,15,17H,3-5,8,13H2,1-2H3. The van der Waals surface area contributed by atoms with Gasteiger partial charge in [-0.3, -0.25) is 0 Å². The third-order valence-electron chi connectivity index (χ3n) is 2.75. The summed E-state index contributed by atoms with van der Waals surface area (Å²) in [5.41, 5.74) is 1.11. The summed E-state index contributed by atoms with van der Waals surface area (Å²) < 4.78 is 5.09. The van der Waals surface area contributed by atoms with Crippen LogP contribution in [0.5, 0.6) is 5.75 Å². The van der Waals surface area contributed by atoms with Crippen LogP contribution in [0.2, 0.25) is 0 Å². The van der Waals surface area contributed by atoms with Gasteiger partial charge in [0.2, 0.25) is 0 Å². The Morgan fingerprint density at radius 3 is 2.56 bits per heavy atom. The highest BCUT2D eigenvalue weighted by Gasteiger charge is 2.03. The molecule has 1 unspecified atom stereocenters. The van der Waals surface area contributed by atoms with E-state index in [1.54, 1.807) is 7.11 Å². The van der Waals surface area contributed by atoms with Crippen molar-refractivity contribution in [3.8, 4) is 17.6 Å². The van der Waals surface area contributed by atoms with Crippen molar-refractivity contribution in [3.63, 3.8) is 0 Å². The van der Waals surface area contributed by atoms with Crippen molar-refractivity contribution in [3.05, 3.63) is 29.8 Å². The number of ether oxygens (including phenoxy) is 1. The average molecular weight is 246 g/mol. The van der Waals surface area contributed by atoms with E-state index in [0.717, 1.165) is 24.2 Å². The summed E-state index contributed by atoms with van der Waals surface area (Å²) in [6, 6.07) is 7.78. The zero-order chi connectivity index (χ0) is 13.2. The van der Waals surface area contributed by atoms with E-state index in [1.165, 1.54) is 6.42 Å². The van der Waals surface area contributed by atoms with Gasteiger partial charge < -0.3 is 9.84 Å². The first kappa shape index (κ1) is 14.6. The second kappa shape index (κ2) is 8.60. The lowest BCUT2D eigenvalue weighted by Crippen LogP contribution is -2.09. The second-order valence-corrected chi connectivity index (χ2v) is 4.37. The van der Waals surface area contributed by atoms with Gasteiger partial charge in [0, 0.05) is 12.8 Å². The second-order valence-electron chi connectivity index (χ2n) is 4.37. The van der Waals surface area contributed by atoms with E-state index >= 15 is 0 Å². The van der Waals surface area contributed by atoms with Crippen LogP contribution in [0.3, 0.4) is 0 Å². The molecule has 0 saturated carbocycles. The number of unbranched alkanes of at least 4 members (excludes halogenated alkanes) is 2. The van der Waals surface area contributed by atoms with Crippen molar-refractivity contribution in [1.29, 1.82) is 0 Å². The molecule has 0 aliphatic carbocycles. The molecule has 0 fully saturated rings. The maximum atomic E-state index is 9.85. The van der Waals surface area contributed by atoms with Crippen LogP contribution >= 0.6 is 0 Å². The number of rotatable bonds is 6. The van der Waals surface area contributed by atoms with Gasteiger partial charge >= 0.3 is 0 Å². The van der Waals surface area contributed by atoms with Crippen LogP contribution in [0.25, 0.3) is 0 Å². The summed E-state index contributed by atoms with van der Waals surface area (Å²) >= 11 is 0. The molecule has 2 heteroatoms. The molecule has 0 heterocycles. The van der Waals surface area contributed by atoms with Gasteiger partial charge in [0.15, 0.2) is 0 Å². The first-order valence-electron chi connectivity index (χ1n) is 6.53. The Morgan fingerprint density at radius 1 is 1.22 bits per heavy atom. The van der Waals surface area contributed by atoms with Gasteiger partial charge in [0.25, 0.3) is 0 Å². The van der Waals surface area contributed by atoms with E-state index in [9.17, 15) is 5.11 Å². The normalized spacial score (nSPS) is 11.5. The molecule has 0 saturated heterocycles. The van der Waals surface area contributed by atoms with Crippen molar-refractivity contribution < 1.29 is 9.84 Å². The minimum Gasteiger partial charge on any atom is -0.497 e. The molecule has 0 aliphatic heterocycles. The smallest absolute Gasteiger partial charge is 0.118 e. The lowest BCUT2D eigenvalue weighted by Gasteiger charge is -2.07. The molecule has 18 heavy (non-hydrogen) atoms. The Morgan fingerprint density at radius 2 is 1.94 bits per heavy atom. The van der Waals surface area contributed by atoms with Crippen molar-refractivity contribution >= 4 is 0 Å². The zero-order valence-electron chi connectivity index (χ0n) is 11.3. The van der Waals surface area contributed by atoms with Gasteiger partial charge in [0.1, 0.15) is 5.75 Å². The quantitative estimate of drug-likeness (QED) is 0.617. The van der Waals surface area contributed by atoms with E-state index in [4.69, 9.17) is 4.74 Å². The third kappa shape index (κ3) is 5.75. The van der Waals surface area contributed by atoms with Crippen LogP contribution < -0.4 is 4.74 Å². The molecule has 0 spiro atoms. The molecule has 1 atom stereocenters. The monoisotopic (exact) mass is 246 g/mol. The summed E-state index contributed by atoms with van der Waals surface area (Å²) in [4.78, 5) is 0. The van der Waals surface area contributed by atoms with Crippen LogP contribution in [0.1, 0.15) is 38.2 Å². The Balaban J connectivity index is 2.33. The molecular formula is C16H22O2. The number of hydrogen-bond acceptors (Lipinski definition) is 2. The number of aliphatic hydroxyl groups excluding tert-OH is 1. The lowest BCUT2D eigenvalue weighted by molar-refractivity contribution is 0.180. The van der Waals surface area contributed by atoms with E-state index < -0.39 is 0 Å². The molecule has 0 aromatic heterocycles. The lowest BCUT2D eigenvalue weighted by atomic mass is 10.1. The molecule has 2 nitrogen and oxygen atoms in total. The van der Waals surface area contributed by atoms with Gasteiger partial charge in [-0.2, -0.15) is 0 Å². The predicted octanol–water partition coefficient (Wildman–Crippen LogP) is 3.18. The average Bonchev–Trinajstić information content (AvgIpc) is 2.39. The minimum absolute atomic E-state index is 0.382. The highest BCUT2D eigenvalue weighted by atomic mass is 16.5. The summed E-state index contributed by atoms with van der Waals surface area (Å²) in [7, 11) is 1.65. The van der Waals surface area contributed by atoms with Crippen molar-refractivity contribution in [2.75, 3.05) is 7.11 Å². The fraction of sp³-hybridized carbons (Fsp3) is 0.500. The van der Waals surface area contributed by atoms with Gasteiger partial charge in [0.05, 0.1) is 13.2 Å². The Bertz CT molecular complexity index is 384. The summed E-state index contributed by atoms with van der Waals surface area (Å²) in [5.74, 6) is 6.97. The van der Waals surface area contributed by atoms with Gasteiger partial charge in [-0.1, -0.05) is 25.5 Å². The summed E-state index contributed by atoms with van der Waals surface area (Å²) in [5, 5.41) is 9.85. The molecule has 0 bridgehead atoms. The van der Waals surface area contributed by atoms with Gasteiger partial charge in [-0.05, 0) is 30.5 Å². The first-order chi connectivity index (χ1) is 8.76. The topological polar surface area (TPSA) is 29.5 Å². The molecular weight excluding hydrogens is 224 g/mol. The number of hydrogen-bond donors (Lipinski definition) is 1. The SMILES string of the molecule is CCCCC#CCC(O)Cc1ccc(OC)cc1. The summed E-state index contributed by atoms with van der Waals surface area (Å²) in [6.07, 6.45) is 4.06. The van der Waals surface area contributed by atoms with Crippen molar-refractivity contribution in [2.24, 2.45) is 0 Å². The third-order valence-corrected chi connectivity index (χ3v) is 2.75. The molecule has 1 aromatic carbocycles. The van der Waals surface area contributed by atoms with Crippen LogP contribution in [0.15, 0.2) is 24.3 Å². The van der Waals surface area contributed by atoms with Crippen molar-refractivity contribution in [2.45, 2.75) is 45.1 Å². The van der Waals surface area contributed by atoms with E-state index in [2.05, 4.69) is 18.8 Å². The molecule has 0 aliphatic rings. The van der Waals surface area contributed by atoms with Crippen molar-refractivity contribution in [1.82, 2.24) is 0 Å². The maximum Gasteiger partial charge on any atom is 0.118 e. The molecule has 0 radical (unpaired) electrons. The van der Waals surface area contributed by atoms with Crippen LogP contribution in [-0.2, 0) is 6.42 Å². The van der Waals surface area contributed by atoms with Gasteiger partial charge in [-0.15, -0.1) is 11.8 Å². The number of aliphatic hydroxyl groups is 1. The highest BCUT2D eigenvalue weighted by molar-refractivity contribution is 5.27. The number of benzene rings is 1. The molecule has 0 amide bonds. The predicted molar refractivity (Wildman–Crippen MR) is 74.6 cm³/mol. The van der Waals surface area contributed by atoms with Crippen LogP contribution in [0, 0.1) is 11.8 Å². The van der Waals surface area contributed by atoms with Gasteiger partial charge in [-0.25, -0.2) is 0 Å². The largest absolute Gasteiger partial charge is 0.497 e. The molecule has 1 aromatic rings. The van der Waals surface area contributed by atoms with E-state index in [-0.39, 0.29) is 6.10 Å². The Kier molecular flexibility index (Phi) is 6.98. The molecule has 1 rings (SSSR count). The Hall–Kier alpha value is -1.46. The maximum absolute atomic E-state index is 9.85. The number of methoxy groups -OCH3 is 1. The van der Waals surface area contributed by atoms with E-state index in [1.807, 2.05) is 24.3 Å². The fourth-order valence-electron chi connectivity index (χ4n) is 1.65. The van der Waals surface area contributed by atoms with E-state index in [0.29, 0.717) is 12.8 Å².